The zero-order chi connectivity index (χ0) is 16.5. The molecule has 5 nitrogen and oxygen atoms in total. The molecule has 2 saturated heterocycles. The summed E-state index contributed by atoms with van der Waals surface area (Å²) in [5, 5.41) is 0. The van der Waals surface area contributed by atoms with E-state index >= 15 is 0 Å². The first-order chi connectivity index (χ1) is 11.0. The van der Waals surface area contributed by atoms with Gasteiger partial charge in [0.2, 0.25) is 6.41 Å². The van der Waals surface area contributed by atoms with Crippen LogP contribution in [0.4, 0.5) is 4.79 Å². The van der Waals surface area contributed by atoms with Crippen LogP contribution >= 0.6 is 0 Å². The molecule has 2 amide bonds. The predicted octanol–water partition coefficient (Wildman–Crippen LogP) is 3.04. The molecular formula is C18H30N2O3. The Hall–Kier alpha value is -1.26. The molecule has 0 N–H and O–H groups in total. The lowest BCUT2D eigenvalue weighted by Gasteiger charge is -2.50. The number of carbonyl (C=O) groups excluding carboxylic acids is 2. The maximum Gasteiger partial charge on any atom is 0.410 e. The largest absolute Gasteiger partial charge is 0.447 e. The molecule has 130 valence electrons. The molecule has 0 aromatic heterocycles. The lowest BCUT2D eigenvalue weighted by molar-refractivity contribution is -0.121. The highest BCUT2D eigenvalue weighted by Gasteiger charge is 2.48. The average Bonchev–Trinajstić information content (AvgIpc) is 2.83. The molecule has 0 aromatic rings. The van der Waals surface area contributed by atoms with E-state index in [1.165, 1.54) is 32.1 Å². The van der Waals surface area contributed by atoms with E-state index < -0.39 is 0 Å². The van der Waals surface area contributed by atoms with Gasteiger partial charge in [0.1, 0.15) is 6.61 Å². The molecule has 1 saturated carbocycles. The van der Waals surface area contributed by atoms with Crippen molar-refractivity contribution >= 4 is 12.5 Å². The lowest BCUT2D eigenvalue weighted by atomic mass is 9.63. The number of carbonyl (C=O) groups is 2. The first kappa shape index (κ1) is 16.6. The first-order valence-corrected chi connectivity index (χ1v) is 9.11. The van der Waals surface area contributed by atoms with Gasteiger partial charge in [-0.3, -0.25) is 9.69 Å². The zero-order valence-electron chi connectivity index (χ0n) is 14.6. The molecular weight excluding hydrogens is 292 g/mol. The summed E-state index contributed by atoms with van der Waals surface area (Å²) in [7, 11) is 0. The van der Waals surface area contributed by atoms with E-state index in [-0.39, 0.29) is 17.0 Å². The highest BCUT2D eigenvalue weighted by atomic mass is 16.6. The Labute approximate surface area is 139 Å². The third-order valence-corrected chi connectivity index (χ3v) is 6.39. The molecule has 0 spiro atoms. The molecule has 2 heterocycles. The van der Waals surface area contributed by atoms with Crippen LogP contribution in [0.15, 0.2) is 0 Å². The number of hydrogen-bond acceptors (Lipinski definition) is 3. The van der Waals surface area contributed by atoms with E-state index in [1.807, 2.05) is 9.80 Å². The molecule has 5 heteroatoms. The monoisotopic (exact) mass is 322 g/mol. The van der Waals surface area contributed by atoms with Gasteiger partial charge in [0.05, 0.1) is 5.54 Å². The minimum Gasteiger partial charge on any atom is -0.447 e. The van der Waals surface area contributed by atoms with E-state index in [0.717, 1.165) is 38.9 Å². The van der Waals surface area contributed by atoms with Crippen LogP contribution in [0.3, 0.4) is 0 Å². The van der Waals surface area contributed by atoms with Crippen LogP contribution in [0.2, 0.25) is 0 Å². The summed E-state index contributed by atoms with van der Waals surface area (Å²) in [6.45, 7) is 7.09. The molecule has 3 fully saturated rings. The zero-order valence-corrected chi connectivity index (χ0v) is 14.6. The molecule has 23 heavy (non-hydrogen) atoms. The number of cyclic esters (lactones) is 1. The number of nitrogens with zero attached hydrogens (tertiary/aromatic N) is 2. The van der Waals surface area contributed by atoms with Gasteiger partial charge in [-0.1, -0.05) is 19.3 Å². The van der Waals surface area contributed by atoms with Crippen molar-refractivity contribution < 1.29 is 14.3 Å². The number of ether oxygens (including phenoxy) is 1. The molecule has 1 aliphatic carbocycles. The fourth-order valence-corrected chi connectivity index (χ4v) is 4.72. The van der Waals surface area contributed by atoms with Crippen LogP contribution in [0.25, 0.3) is 0 Å². The number of rotatable bonds is 4. The fourth-order valence-electron chi connectivity index (χ4n) is 4.72. The Morgan fingerprint density at radius 3 is 2.35 bits per heavy atom. The third-order valence-electron chi connectivity index (χ3n) is 6.39. The van der Waals surface area contributed by atoms with Gasteiger partial charge in [-0.15, -0.1) is 0 Å². The summed E-state index contributed by atoms with van der Waals surface area (Å²) < 4.78 is 5.32. The van der Waals surface area contributed by atoms with Crippen molar-refractivity contribution in [1.82, 2.24) is 9.80 Å². The second-order valence-electron chi connectivity index (χ2n) is 8.29. The molecule has 0 radical (unpaired) electrons. The molecule has 2 aliphatic heterocycles. The summed E-state index contributed by atoms with van der Waals surface area (Å²) in [4.78, 5) is 27.2. The Bertz CT molecular complexity index is 449. The van der Waals surface area contributed by atoms with Gasteiger partial charge in [0.15, 0.2) is 0 Å². The van der Waals surface area contributed by atoms with Crippen LogP contribution in [0, 0.1) is 11.3 Å². The second kappa shape index (κ2) is 6.33. The highest BCUT2D eigenvalue weighted by molar-refractivity contribution is 5.71. The number of amides is 2. The van der Waals surface area contributed by atoms with Gasteiger partial charge in [-0.05, 0) is 50.9 Å². The SMILES string of the molecule is CC1(C)COC(=O)N1CC1(C2CCCCC2)CCN(C=O)CC1. The standard InChI is InChI=1S/C18H30N2O3/c1-17(2)13-23-16(22)20(17)12-18(15-6-4-3-5-7-15)8-10-19(14-21)11-9-18/h14-15H,3-13H2,1-2H3. The fraction of sp³-hybridized carbons (Fsp3) is 0.889. The Kier molecular flexibility index (Phi) is 4.56. The smallest absolute Gasteiger partial charge is 0.410 e. The van der Waals surface area contributed by atoms with Crippen LogP contribution in [-0.4, -0.2) is 54.1 Å². The van der Waals surface area contributed by atoms with Gasteiger partial charge in [0, 0.05) is 19.6 Å². The van der Waals surface area contributed by atoms with Crippen molar-refractivity contribution in [3.63, 3.8) is 0 Å². The van der Waals surface area contributed by atoms with Crippen LogP contribution in [-0.2, 0) is 9.53 Å². The Balaban J connectivity index is 1.80. The summed E-state index contributed by atoms with van der Waals surface area (Å²) >= 11 is 0. The molecule has 0 atom stereocenters. The highest BCUT2D eigenvalue weighted by Crippen LogP contribution is 2.47. The van der Waals surface area contributed by atoms with Gasteiger partial charge in [-0.25, -0.2) is 4.79 Å². The summed E-state index contributed by atoms with van der Waals surface area (Å²) in [5.41, 5.74) is -0.0683. The molecule has 0 aromatic carbocycles. The van der Waals surface area contributed by atoms with Gasteiger partial charge >= 0.3 is 6.09 Å². The average molecular weight is 322 g/mol. The molecule has 0 unspecified atom stereocenters. The predicted molar refractivity (Wildman–Crippen MR) is 88.0 cm³/mol. The van der Waals surface area contributed by atoms with Crippen molar-refractivity contribution in [2.24, 2.45) is 11.3 Å². The van der Waals surface area contributed by atoms with Crippen molar-refractivity contribution in [2.45, 2.75) is 64.3 Å². The van der Waals surface area contributed by atoms with Gasteiger partial charge in [0.25, 0.3) is 0 Å². The summed E-state index contributed by atoms with van der Waals surface area (Å²) in [6, 6.07) is 0. The Morgan fingerprint density at radius 2 is 1.83 bits per heavy atom. The van der Waals surface area contributed by atoms with E-state index in [9.17, 15) is 9.59 Å². The second-order valence-corrected chi connectivity index (χ2v) is 8.29. The maximum atomic E-state index is 12.2. The van der Waals surface area contributed by atoms with Crippen molar-refractivity contribution in [2.75, 3.05) is 26.2 Å². The van der Waals surface area contributed by atoms with Crippen LogP contribution in [0.5, 0.6) is 0 Å². The quantitative estimate of drug-likeness (QED) is 0.748. The lowest BCUT2D eigenvalue weighted by Crippen LogP contribution is -2.54. The van der Waals surface area contributed by atoms with Gasteiger partial charge in [-0.2, -0.15) is 0 Å². The third kappa shape index (κ3) is 3.20. The van der Waals surface area contributed by atoms with E-state index in [4.69, 9.17) is 4.74 Å². The van der Waals surface area contributed by atoms with Crippen LogP contribution < -0.4 is 0 Å². The van der Waals surface area contributed by atoms with Crippen molar-refractivity contribution in [3.05, 3.63) is 0 Å². The maximum absolute atomic E-state index is 12.2. The summed E-state index contributed by atoms with van der Waals surface area (Å²) in [6.07, 6.45) is 9.31. The number of hydrogen-bond donors (Lipinski definition) is 0. The minimum absolute atomic E-state index is 0.153. The van der Waals surface area contributed by atoms with E-state index in [2.05, 4.69) is 13.8 Å². The van der Waals surface area contributed by atoms with Crippen molar-refractivity contribution in [3.8, 4) is 0 Å². The topological polar surface area (TPSA) is 49.9 Å². The minimum atomic E-state index is -0.222. The normalized spacial score (nSPS) is 27.8. The Morgan fingerprint density at radius 1 is 1.17 bits per heavy atom. The number of piperidine rings is 1. The van der Waals surface area contributed by atoms with Crippen molar-refractivity contribution in [1.29, 1.82) is 0 Å². The first-order valence-electron chi connectivity index (χ1n) is 9.11. The molecule has 3 aliphatic rings. The molecule has 0 bridgehead atoms. The van der Waals surface area contributed by atoms with Crippen LogP contribution in [0.1, 0.15) is 58.8 Å². The number of likely N-dealkylation sites (tertiary alicyclic amines) is 1. The van der Waals surface area contributed by atoms with E-state index in [0.29, 0.717) is 12.5 Å². The van der Waals surface area contributed by atoms with Gasteiger partial charge < -0.3 is 9.64 Å². The summed E-state index contributed by atoms with van der Waals surface area (Å²) in [5.74, 6) is 0.675. The van der Waals surface area contributed by atoms with E-state index in [1.54, 1.807) is 0 Å². The molecule has 3 rings (SSSR count).